The Labute approximate surface area is 146 Å². The van der Waals surface area contributed by atoms with E-state index in [9.17, 15) is 5.11 Å². The van der Waals surface area contributed by atoms with Gasteiger partial charge in [-0.25, -0.2) is 0 Å². The number of aryl methyl sites for hydroxylation is 3. The number of halogens is 1. The molecule has 0 fully saturated rings. The van der Waals surface area contributed by atoms with E-state index in [1.807, 2.05) is 18.2 Å². The highest BCUT2D eigenvalue weighted by Gasteiger charge is 2.26. The van der Waals surface area contributed by atoms with E-state index < -0.39 is 6.10 Å². The van der Waals surface area contributed by atoms with Gasteiger partial charge in [-0.2, -0.15) is 0 Å². The molecular weight excluding hydrogens is 306 g/mol. The molecule has 0 bridgehead atoms. The molecule has 0 aromatic heterocycles. The SMILES string of the molecule is Cc1cc(C)c([C@H](O)[C@@H](CN(C)C)c2ccccc2)c(C)c1.Cl. The van der Waals surface area contributed by atoms with Gasteiger partial charge in [0.15, 0.2) is 0 Å². The van der Waals surface area contributed by atoms with Crippen LogP contribution in [0.5, 0.6) is 0 Å². The van der Waals surface area contributed by atoms with Crippen LogP contribution in [0.25, 0.3) is 0 Å². The lowest BCUT2D eigenvalue weighted by Gasteiger charge is -2.29. The van der Waals surface area contributed by atoms with E-state index in [1.165, 1.54) is 22.3 Å². The summed E-state index contributed by atoms with van der Waals surface area (Å²) in [6.07, 6.45) is -0.495. The summed E-state index contributed by atoms with van der Waals surface area (Å²) in [7, 11) is 4.11. The van der Waals surface area contributed by atoms with Crippen LogP contribution >= 0.6 is 12.4 Å². The molecule has 0 saturated carbocycles. The van der Waals surface area contributed by atoms with Gasteiger partial charge in [-0.3, -0.25) is 0 Å². The van der Waals surface area contributed by atoms with Gasteiger partial charge in [-0.15, -0.1) is 12.4 Å². The van der Waals surface area contributed by atoms with E-state index in [1.54, 1.807) is 0 Å². The van der Waals surface area contributed by atoms with Crippen LogP contribution in [0.1, 0.15) is 39.8 Å². The van der Waals surface area contributed by atoms with Crippen LogP contribution in [0.4, 0.5) is 0 Å². The highest BCUT2D eigenvalue weighted by Crippen LogP contribution is 2.35. The van der Waals surface area contributed by atoms with E-state index in [0.717, 1.165) is 12.1 Å². The standard InChI is InChI=1S/C20H27NO.ClH/c1-14-11-15(2)19(16(3)12-14)20(22)18(13-21(4)5)17-9-7-6-8-10-17;/h6-12,18,20,22H,13H2,1-5H3;1H/t18-,20+;/m0./s1. The van der Waals surface area contributed by atoms with Gasteiger partial charge in [0.2, 0.25) is 0 Å². The summed E-state index contributed by atoms with van der Waals surface area (Å²) >= 11 is 0. The lowest BCUT2D eigenvalue weighted by atomic mass is 9.84. The summed E-state index contributed by atoms with van der Waals surface area (Å²) in [6, 6.07) is 14.6. The molecular formula is C20H28ClNO. The maximum Gasteiger partial charge on any atom is 0.0875 e. The molecule has 0 aliphatic heterocycles. The molecule has 3 heteroatoms. The number of nitrogens with zero attached hydrogens (tertiary/aromatic N) is 1. The molecule has 2 atom stereocenters. The van der Waals surface area contributed by atoms with Crippen LogP contribution in [0.15, 0.2) is 42.5 Å². The molecule has 1 N–H and O–H groups in total. The van der Waals surface area contributed by atoms with Crippen LogP contribution in [0, 0.1) is 20.8 Å². The first kappa shape index (κ1) is 19.7. The fourth-order valence-electron chi connectivity index (χ4n) is 3.34. The Morgan fingerprint density at radius 1 is 0.957 bits per heavy atom. The second-order valence-corrected chi connectivity index (χ2v) is 6.54. The fourth-order valence-corrected chi connectivity index (χ4v) is 3.34. The van der Waals surface area contributed by atoms with Crippen LogP contribution in [-0.2, 0) is 0 Å². The second-order valence-electron chi connectivity index (χ2n) is 6.54. The highest BCUT2D eigenvalue weighted by atomic mass is 35.5. The topological polar surface area (TPSA) is 23.5 Å². The Kier molecular flexibility index (Phi) is 7.27. The van der Waals surface area contributed by atoms with E-state index in [2.05, 4.69) is 64.0 Å². The van der Waals surface area contributed by atoms with E-state index >= 15 is 0 Å². The molecule has 126 valence electrons. The van der Waals surface area contributed by atoms with Gasteiger partial charge in [-0.05, 0) is 57.1 Å². The smallest absolute Gasteiger partial charge is 0.0875 e. The molecule has 2 rings (SSSR count). The first-order valence-electron chi connectivity index (χ1n) is 7.85. The molecule has 0 saturated heterocycles. The van der Waals surface area contributed by atoms with Crippen molar-refractivity contribution in [3.8, 4) is 0 Å². The van der Waals surface area contributed by atoms with Crippen molar-refractivity contribution in [3.63, 3.8) is 0 Å². The summed E-state index contributed by atoms with van der Waals surface area (Å²) in [4.78, 5) is 2.14. The Hall–Kier alpha value is -1.35. The van der Waals surface area contributed by atoms with E-state index in [-0.39, 0.29) is 18.3 Å². The van der Waals surface area contributed by atoms with Gasteiger partial charge in [-0.1, -0.05) is 48.0 Å². The third kappa shape index (κ3) is 4.81. The van der Waals surface area contributed by atoms with Crippen LogP contribution in [0.3, 0.4) is 0 Å². The maximum absolute atomic E-state index is 11.1. The van der Waals surface area contributed by atoms with Crippen molar-refractivity contribution in [2.24, 2.45) is 0 Å². The number of aliphatic hydroxyl groups is 1. The van der Waals surface area contributed by atoms with Crippen molar-refractivity contribution in [3.05, 3.63) is 70.3 Å². The zero-order chi connectivity index (χ0) is 16.3. The molecule has 0 unspecified atom stereocenters. The maximum atomic E-state index is 11.1. The summed E-state index contributed by atoms with van der Waals surface area (Å²) in [5.74, 6) is 0.0660. The lowest BCUT2D eigenvalue weighted by molar-refractivity contribution is 0.127. The normalized spacial score (nSPS) is 13.5. The van der Waals surface area contributed by atoms with Gasteiger partial charge in [0, 0.05) is 12.5 Å². The number of hydrogen-bond acceptors (Lipinski definition) is 2. The summed E-state index contributed by atoms with van der Waals surface area (Å²) in [6.45, 7) is 7.11. The average molecular weight is 334 g/mol. The number of aliphatic hydroxyl groups excluding tert-OH is 1. The van der Waals surface area contributed by atoms with Gasteiger partial charge in [0.25, 0.3) is 0 Å². The van der Waals surface area contributed by atoms with Crippen molar-refractivity contribution in [1.29, 1.82) is 0 Å². The predicted octanol–water partition coefficient (Wildman–Crippen LogP) is 4.41. The monoisotopic (exact) mass is 333 g/mol. The third-order valence-corrected chi connectivity index (χ3v) is 4.20. The molecule has 0 aliphatic carbocycles. The number of rotatable bonds is 5. The minimum Gasteiger partial charge on any atom is -0.388 e. The van der Waals surface area contributed by atoms with Crippen LogP contribution in [0.2, 0.25) is 0 Å². The molecule has 0 radical (unpaired) electrons. The number of benzene rings is 2. The molecule has 0 spiro atoms. The van der Waals surface area contributed by atoms with E-state index in [4.69, 9.17) is 0 Å². The molecule has 0 amide bonds. The first-order valence-corrected chi connectivity index (χ1v) is 7.85. The third-order valence-electron chi connectivity index (χ3n) is 4.20. The zero-order valence-electron chi connectivity index (χ0n) is 14.7. The first-order chi connectivity index (χ1) is 10.4. The van der Waals surface area contributed by atoms with Gasteiger partial charge in [0.05, 0.1) is 6.10 Å². The van der Waals surface area contributed by atoms with Crippen molar-refractivity contribution < 1.29 is 5.11 Å². The molecule has 0 aliphatic rings. The van der Waals surface area contributed by atoms with Crippen molar-refractivity contribution >= 4 is 12.4 Å². The minimum absolute atomic E-state index is 0. The van der Waals surface area contributed by atoms with Crippen molar-refractivity contribution in [1.82, 2.24) is 4.90 Å². The van der Waals surface area contributed by atoms with Crippen molar-refractivity contribution in [2.45, 2.75) is 32.8 Å². The average Bonchev–Trinajstić information content (AvgIpc) is 2.44. The summed E-state index contributed by atoms with van der Waals surface area (Å²) < 4.78 is 0. The fraction of sp³-hybridized carbons (Fsp3) is 0.400. The zero-order valence-corrected chi connectivity index (χ0v) is 15.5. The van der Waals surface area contributed by atoms with Gasteiger partial charge < -0.3 is 10.0 Å². The summed E-state index contributed by atoms with van der Waals surface area (Å²) in [5.41, 5.74) is 5.84. The molecule has 0 heterocycles. The summed E-state index contributed by atoms with van der Waals surface area (Å²) in [5, 5.41) is 11.1. The lowest BCUT2D eigenvalue weighted by Crippen LogP contribution is -2.26. The Morgan fingerprint density at radius 2 is 1.48 bits per heavy atom. The number of hydrogen-bond donors (Lipinski definition) is 1. The Balaban J connectivity index is 0.00000264. The molecule has 23 heavy (non-hydrogen) atoms. The van der Waals surface area contributed by atoms with Crippen LogP contribution in [-0.4, -0.2) is 30.6 Å². The van der Waals surface area contributed by atoms with Crippen molar-refractivity contribution in [2.75, 3.05) is 20.6 Å². The van der Waals surface area contributed by atoms with Gasteiger partial charge in [0.1, 0.15) is 0 Å². The molecule has 2 aromatic carbocycles. The predicted molar refractivity (Wildman–Crippen MR) is 101 cm³/mol. The Morgan fingerprint density at radius 3 is 1.96 bits per heavy atom. The van der Waals surface area contributed by atoms with Crippen LogP contribution < -0.4 is 0 Å². The quantitative estimate of drug-likeness (QED) is 0.876. The van der Waals surface area contributed by atoms with E-state index in [0.29, 0.717) is 0 Å². The number of likely N-dealkylation sites (N-methyl/N-ethyl adjacent to an activating group) is 1. The second kappa shape index (κ2) is 8.49. The minimum atomic E-state index is -0.495. The molecule has 2 nitrogen and oxygen atoms in total. The Bertz CT molecular complexity index is 602. The highest BCUT2D eigenvalue weighted by molar-refractivity contribution is 5.85. The molecule has 2 aromatic rings. The largest absolute Gasteiger partial charge is 0.388 e. The van der Waals surface area contributed by atoms with Gasteiger partial charge >= 0.3 is 0 Å².